The van der Waals surface area contributed by atoms with Crippen molar-refractivity contribution in [1.29, 1.82) is 0 Å². The van der Waals surface area contributed by atoms with E-state index >= 15 is 0 Å². The fourth-order valence-electron chi connectivity index (χ4n) is 1.78. The Kier molecular flexibility index (Phi) is 3.42. The van der Waals surface area contributed by atoms with Crippen LogP contribution in [0.5, 0.6) is 11.5 Å². The third-order valence-electron chi connectivity index (χ3n) is 2.87. The van der Waals surface area contributed by atoms with Gasteiger partial charge in [-0.05, 0) is 36.4 Å². The van der Waals surface area contributed by atoms with Crippen LogP contribution in [0.1, 0.15) is 15.9 Å². The van der Waals surface area contributed by atoms with E-state index in [2.05, 4.69) is 0 Å². The van der Waals surface area contributed by atoms with E-state index in [9.17, 15) is 15.0 Å². The van der Waals surface area contributed by atoms with Crippen molar-refractivity contribution in [3.8, 4) is 11.5 Å². The number of carbonyl (C=O) groups is 1. The third-order valence-corrected chi connectivity index (χ3v) is 2.87. The van der Waals surface area contributed by atoms with Crippen molar-refractivity contribution >= 4 is 11.5 Å². The first-order valence-electron chi connectivity index (χ1n) is 5.83. The van der Waals surface area contributed by atoms with Gasteiger partial charge in [0.05, 0.1) is 5.56 Å². The molecule has 0 bridgehead atoms. The van der Waals surface area contributed by atoms with Crippen LogP contribution in [0.3, 0.4) is 0 Å². The van der Waals surface area contributed by atoms with Crippen molar-refractivity contribution < 1.29 is 15.0 Å². The van der Waals surface area contributed by atoms with Gasteiger partial charge in [0, 0.05) is 31.4 Å². The second kappa shape index (κ2) is 5.02. The lowest BCUT2D eigenvalue weighted by Gasteiger charge is -2.12. The summed E-state index contributed by atoms with van der Waals surface area (Å²) in [6.07, 6.45) is 0. The number of hydrogen-bond donors (Lipinski definition) is 2. The summed E-state index contributed by atoms with van der Waals surface area (Å²) in [5, 5.41) is 18.9. The van der Waals surface area contributed by atoms with Crippen molar-refractivity contribution in [2.75, 3.05) is 19.0 Å². The van der Waals surface area contributed by atoms with Gasteiger partial charge in [-0.2, -0.15) is 0 Å². The van der Waals surface area contributed by atoms with Gasteiger partial charge in [-0.3, -0.25) is 4.79 Å². The predicted molar refractivity (Wildman–Crippen MR) is 74.0 cm³/mol. The number of hydrogen-bond acceptors (Lipinski definition) is 4. The highest BCUT2D eigenvalue weighted by atomic mass is 16.3. The molecule has 0 fully saturated rings. The normalized spacial score (nSPS) is 10.2. The summed E-state index contributed by atoms with van der Waals surface area (Å²) in [5.74, 6) is -0.568. The molecule has 2 aromatic carbocycles. The first kappa shape index (κ1) is 13.0. The van der Waals surface area contributed by atoms with E-state index in [4.69, 9.17) is 0 Å². The quantitative estimate of drug-likeness (QED) is 0.829. The number of benzene rings is 2. The Hall–Kier alpha value is -2.49. The van der Waals surface area contributed by atoms with Gasteiger partial charge in [0.25, 0.3) is 0 Å². The molecular formula is C15H15NO3. The highest BCUT2D eigenvalue weighted by Crippen LogP contribution is 2.25. The Labute approximate surface area is 111 Å². The number of nitrogens with zero attached hydrogens (tertiary/aromatic N) is 1. The fourth-order valence-corrected chi connectivity index (χ4v) is 1.78. The van der Waals surface area contributed by atoms with Crippen LogP contribution in [0, 0.1) is 0 Å². The molecule has 0 heterocycles. The average molecular weight is 257 g/mol. The van der Waals surface area contributed by atoms with Crippen LogP contribution in [0.4, 0.5) is 5.69 Å². The molecule has 4 heteroatoms. The molecule has 2 N–H and O–H groups in total. The highest BCUT2D eigenvalue weighted by Gasteiger charge is 2.14. The summed E-state index contributed by atoms with van der Waals surface area (Å²) in [6, 6.07) is 11.0. The summed E-state index contributed by atoms with van der Waals surface area (Å²) in [7, 11) is 3.84. The summed E-state index contributed by atoms with van der Waals surface area (Å²) >= 11 is 0. The molecule has 19 heavy (non-hydrogen) atoms. The lowest BCUT2D eigenvalue weighted by molar-refractivity contribution is 0.103. The van der Waals surface area contributed by atoms with Crippen LogP contribution in [-0.2, 0) is 0 Å². The molecule has 0 atom stereocenters. The standard InChI is InChI=1S/C15H15NO3/c1-16(2)11-5-3-10(4-6-11)15(19)13-8-7-12(17)9-14(13)18/h3-9,17-18H,1-2H3. The Morgan fingerprint density at radius 3 is 2.16 bits per heavy atom. The van der Waals surface area contributed by atoms with Gasteiger partial charge in [0.15, 0.2) is 5.78 Å². The minimum Gasteiger partial charge on any atom is -0.508 e. The summed E-state index contributed by atoms with van der Waals surface area (Å²) in [6.45, 7) is 0. The SMILES string of the molecule is CN(C)c1ccc(C(=O)c2ccc(O)cc2O)cc1. The van der Waals surface area contributed by atoms with Gasteiger partial charge in [0.1, 0.15) is 11.5 Å². The number of rotatable bonds is 3. The Balaban J connectivity index is 2.33. The van der Waals surface area contributed by atoms with Gasteiger partial charge in [-0.1, -0.05) is 0 Å². The van der Waals surface area contributed by atoms with Gasteiger partial charge in [-0.15, -0.1) is 0 Å². The highest BCUT2D eigenvalue weighted by molar-refractivity contribution is 6.10. The predicted octanol–water partition coefficient (Wildman–Crippen LogP) is 2.39. The molecule has 0 saturated carbocycles. The van der Waals surface area contributed by atoms with Crippen molar-refractivity contribution in [2.45, 2.75) is 0 Å². The largest absolute Gasteiger partial charge is 0.508 e. The maximum atomic E-state index is 12.2. The fraction of sp³-hybridized carbons (Fsp3) is 0.133. The van der Waals surface area contributed by atoms with Crippen molar-refractivity contribution in [1.82, 2.24) is 0 Å². The number of phenols is 2. The van der Waals surface area contributed by atoms with Crippen LogP contribution in [-0.4, -0.2) is 30.1 Å². The van der Waals surface area contributed by atoms with Crippen molar-refractivity contribution in [2.24, 2.45) is 0 Å². The molecule has 0 spiro atoms. The van der Waals surface area contributed by atoms with Gasteiger partial charge in [-0.25, -0.2) is 0 Å². The topological polar surface area (TPSA) is 60.8 Å². The Morgan fingerprint density at radius 2 is 1.63 bits per heavy atom. The van der Waals surface area contributed by atoms with Crippen LogP contribution in [0.25, 0.3) is 0 Å². The minimum atomic E-state index is -0.275. The number of aromatic hydroxyl groups is 2. The first-order chi connectivity index (χ1) is 8.99. The third kappa shape index (κ3) is 2.68. The van der Waals surface area contributed by atoms with E-state index < -0.39 is 0 Å². The summed E-state index contributed by atoms with van der Waals surface area (Å²) < 4.78 is 0. The maximum Gasteiger partial charge on any atom is 0.196 e. The Morgan fingerprint density at radius 1 is 1.00 bits per heavy atom. The van der Waals surface area contributed by atoms with Crippen LogP contribution in [0.15, 0.2) is 42.5 Å². The number of ketones is 1. The second-order valence-corrected chi connectivity index (χ2v) is 4.47. The zero-order chi connectivity index (χ0) is 14.0. The molecule has 0 aliphatic rings. The molecule has 0 unspecified atom stereocenters. The molecule has 0 saturated heterocycles. The van der Waals surface area contributed by atoms with E-state index in [1.165, 1.54) is 12.1 Å². The van der Waals surface area contributed by atoms with Crippen LogP contribution < -0.4 is 4.90 Å². The zero-order valence-corrected chi connectivity index (χ0v) is 10.8. The molecule has 0 radical (unpaired) electrons. The minimum absolute atomic E-state index is 0.0722. The van der Waals surface area contributed by atoms with Crippen LogP contribution in [0.2, 0.25) is 0 Å². The molecule has 0 aliphatic heterocycles. The van der Waals surface area contributed by atoms with E-state index in [1.54, 1.807) is 12.1 Å². The second-order valence-electron chi connectivity index (χ2n) is 4.47. The van der Waals surface area contributed by atoms with E-state index in [-0.39, 0.29) is 22.8 Å². The smallest absolute Gasteiger partial charge is 0.196 e. The summed E-state index contributed by atoms with van der Waals surface area (Å²) in [4.78, 5) is 14.1. The maximum absolute atomic E-state index is 12.2. The molecular weight excluding hydrogens is 242 g/mol. The van der Waals surface area contributed by atoms with Crippen molar-refractivity contribution in [3.63, 3.8) is 0 Å². The van der Waals surface area contributed by atoms with Gasteiger partial charge in [0.2, 0.25) is 0 Å². The van der Waals surface area contributed by atoms with E-state index in [0.717, 1.165) is 11.8 Å². The average Bonchev–Trinajstić information content (AvgIpc) is 2.38. The van der Waals surface area contributed by atoms with Crippen molar-refractivity contribution in [3.05, 3.63) is 53.6 Å². The number of phenolic OH excluding ortho intramolecular Hbond substituents is 2. The molecule has 98 valence electrons. The molecule has 2 aromatic rings. The molecule has 0 amide bonds. The number of anilines is 1. The molecule has 2 rings (SSSR count). The zero-order valence-electron chi connectivity index (χ0n) is 10.8. The molecule has 4 nitrogen and oxygen atoms in total. The van der Waals surface area contributed by atoms with Crippen LogP contribution >= 0.6 is 0 Å². The monoisotopic (exact) mass is 257 g/mol. The van der Waals surface area contributed by atoms with E-state index in [0.29, 0.717) is 5.56 Å². The van der Waals surface area contributed by atoms with Gasteiger partial charge >= 0.3 is 0 Å². The lowest BCUT2D eigenvalue weighted by atomic mass is 10.0. The molecule has 0 aliphatic carbocycles. The lowest BCUT2D eigenvalue weighted by Crippen LogP contribution is -2.09. The van der Waals surface area contributed by atoms with Gasteiger partial charge < -0.3 is 15.1 Å². The first-order valence-corrected chi connectivity index (χ1v) is 5.83. The summed E-state index contributed by atoms with van der Waals surface area (Å²) in [5.41, 5.74) is 1.66. The number of carbonyl (C=O) groups excluding carboxylic acids is 1. The Bertz CT molecular complexity index is 603. The molecule has 0 aromatic heterocycles. The van der Waals surface area contributed by atoms with E-state index in [1.807, 2.05) is 31.1 Å².